The molecule has 1 aliphatic heterocycles. The second-order valence-electron chi connectivity index (χ2n) is 6.43. The third-order valence-electron chi connectivity index (χ3n) is 4.27. The number of carbonyl (C=O) groups is 1. The summed E-state index contributed by atoms with van der Waals surface area (Å²) in [5.41, 5.74) is 3.31. The maximum absolute atomic E-state index is 12.7. The predicted molar refractivity (Wildman–Crippen MR) is 101 cm³/mol. The Bertz CT molecular complexity index is 921. The van der Waals surface area contributed by atoms with Crippen LogP contribution in [0, 0.1) is 18.3 Å². The number of rotatable bonds is 5. The molecule has 0 saturated heterocycles. The van der Waals surface area contributed by atoms with Crippen LogP contribution in [0.2, 0.25) is 0 Å². The van der Waals surface area contributed by atoms with Gasteiger partial charge in [-0.3, -0.25) is 4.79 Å². The maximum Gasteiger partial charge on any atom is 0.203 e. The van der Waals surface area contributed by atoms with Gasteiger partial charge in [0.25, 0.3) is 0 Å². The highest BCUT2D eigenvalue weighted by Gasteiger charge is 2.22. The van der Waals surface area contributed by atoms with Crippen LogP contribution in [0.4, 0.5) is 0 Å². The van der Waals surface area contributed by atoms with E-state index in [1.165, 1.54) is 0 Å². The molecule has 0 radical (unpaired) electrons. The molecule has 0 bridgehead atoms. The summed E-state index contributed by atoms with van der Waals surface area (Å²) in [5.74, 6) is 1.15. The summed E-state index contributed by atoms with van der Waals surface area (Å²) >= 11 is 0. The molecule has 0 aromatic heterocycles. The molecule has 0 saturated carbocycles. The van der Waals surface area contributed by atoms with Crippen LogP contribution in [0.3, 0.4) is 0 Å². The Hall–Kier alpha value is -3.06. The van der Waals surface area contributed by atoms with Crippen LogP contribution in [0.15, 0.2) is 42.0 Å². The molecule has 4 heteroatoms. The van der Waals surface area contributed by atoms with Crippen LogP contribution in [0.5, 0.6) is 11.5 Å². The Morgan fingerprint density at radius 2 is 2.19 bits per heavy atom. The second kappa shape index (κ2) is 7.45. The lowest BCUT2D eigenvalue weighted by Gasteiger charge is -2.10. The lowest BCUT2D eigenvalue weighted by molar-refractivity contribution is 0.104. The van der Waals surface area contributed by atoms with E-state index in [9.17, 15) is 10.1 Å². The highest BCUT2D eigenvalue weighted by molar-refractivity contribution is 6.14. The monoisotopic (exact) mass is 347 g/mol. The van der Waals surface area contributed by atoms with Gasteiger partial charge in [-0.25, -0.2) is 0 Å². The van der Waals surface area contributed by atoms with Crippen molar-refractivity contribution in [1.29, 1.82) is 5.26 Å². The van der Waals surface area contributed by atoms with Crippen LogP contribution in [-0.2, 0) is 6.42 Å². The van der Waals surface area contributed by atoms with Crippen LogP contribution in [0.25, 0.3) is 6.08 Å². The van der Waals surface area contributed by atoms with Gasteiger partial charge in [-0.15, -0.1) is 0 Å². The average Bonchev–Trinajstić information content (AvgIpc) is 2.98. The Balaban J connectivity index is 2.02. The third-order valence-corrected chi connectivity index (χ3v) is 4.27. The van der Waals surface area contributed by atoms with Crippen molar-refractivity contribution in [3.05, 3.63) is 64.2 Å². The average molecular weight is 347 g/mol. The summed E-state index contributed by atoms with van der Waals surface area (Å²) in [4.78, 5) is 12.7. The van der Waals surface area contributed by atoms with E-state index in [-0.39, 0.29) is 17.5 Å². The second-order valence-corrected chi connectivity index (χ2v) is 6.43. The fraction of sp³-hybridized carbons (Fsp3) is 0.273. The van der Waals surface area contributed by atoms with Crippen molar-refractivity contribution in [2.24, 2.45) is 0 Å². The number of nitrogens with zero attached hydrogens (tertiary/aromatic N) is 1. The van der Waals surface area contributed by atoms with Crippen molar-refractivity contribution in [2.75, 3.05) is 6.61 Å². The molecule has 0 N–H and O–H groups in total. The lowest BCUT2D eigenvalue weighted by atomic mass is 9.99. The molecule has 4 nitrogen and oxygen atoms in total. The summed E-state index contributed by atoms with van der Waals surface area (Å²) in [5, 5.41) is 9.53. The van der Waals surface area contributed by atoms with E-state index in [1.807, 2.05) is 51.1 Å². The summed E-state index contributed by atoms with van der Waals surface area (Å²) in [6, 6.07) is 13.1. The van der Waals surface area contributed by atoms with Crippen molar-refractivity contribution in [3.63, 3.8) is 0 Å². The van der Waals surface area contributed by atoms with E-state index in [0.717, 1.165) is 23.3 Å². The van der Waals surface area contributed by atoms with Crippen molar-refractivity contribution in [3.8, 4) is 17.6 Å². The largest absolute Gasteiger partial charge is 0.493 e. The van der Waals surface area contributed by atoms with E-state index >= 15 is 0 Å². The fourth-order valence-corrected chi connectivity index (χ4v) is 3.09. The standard InChI is InChI=1S/C22H21NO3/c1-4-25-20-11-17-9-15(3)26-21(17)12-18(20)10-19(13-23)22(24)16-7-5-6-14(2)8-16/h5-8,10-12,15H,4,9H2,1-3H3/b19-10+. The number of hydrogen-bond donors (Lipinski definition) is 0. The summed E-state index contributed by atoms with van der Waals surface area (Å²) in [7, 11) is 0. The van der Waals surface area contributed by atoms with Gasteiger partial charge in [0.1, 0.15) is 29.2 Å². The third kappa shape index (κ3) is 3.62. The van der Waals surface area contributed by atoms with Gasteiger partial charge in [-0.1, -0.05) is 23.8 Å². The molecule has 0 fully saturated rings. The number of aryl methyl sites for hydroxylation is 1. The number of hydrogen-bond acceptors (Lipinski definition) is 4. The zero-order valence-electron chi connectivity index (χ0n) is 15.2. The molecule has 0 spiro atoms. The molecular weight excluding hydrogens is 326 g/mol. The molecule has 1 atom stereocenters. The SMILES string of the molecule is CCOc1cc2c(cc1/C=C(\C#N)C(=O)c1cccc(C)c1)OC(C)C2. The van der Waals surface area contributed by atoms with Gasteiger partial charge < -0.3 is 9.47 Å². The molecule has 1 unspecified atom stereocenters. The number of ketones is 1. The number of benzene rings is 2. The van der Waals surface area contributed by atoms with Crippen molar-refractivity contribution in [1.82, 2.24) is 0 Å². The maximum atomic E-state index is 12.7. The Morgan fingerprint density at radius 1 is 1.38 bits per heavy atom. The van der Waals surface area contributed by atoms with Gasteiger partial charge in [0.2, 0.25) is 5.78 Å². The molecule has 132 valence electrons. The molecule has 26 heavy (non-hydrogen) atoms. The number of nitriles is 1. The van der Waals surface area contributed by atoms with Gasteiger partial charge in [-0.2, -0.15) is 5.26 Å². The normalized spacial score (nSPS) is 15.8. The van der Waals surface area contributed by atoms with Gasteiger partial charge in [-0.05, 0) is 45.0 Å². The first kappa shape index (κ1) is 17.8. The number of ether oxygens (including phenoxy) is 2. The highest BCUT2D eigenvalue weighted by atomic mass is 16.5. The lowest BCUT2D eigenvalue weighted by Crippen LogP contribution is -2.05. The molecule has 1 aliphatic rings. The van der Waals surface area contributed by atoms with Crippen LogP contribution < -0.4 is 9.47 Å². The number of carbonyl (C=O) groups excluding carboxylic acids is 1. The van der Waals surface area contributed by atoms with E-state index in [0.29, 0.717) is 23.5 Å². The molecular formula is C22H21NO3. The smallest absolute Gasteiger partial charge is 0.203 e. The first-order valence-corrected chi connectivity index (χ1v) is 8.71. The first-order chi connectivity index (χ1) is 12.5. The minimum Gasteiger partial charge on any atom is -0.493 e. The minimum atomic E-state index is -0.298. The van der Waals surface area contributed by atoms with Crippen molar-refractivity contribution < 1.29 is 14.3 Å². The minimum absolute atomic E-state index is 0.0718. The molecule has 2 aromatic carbocycles. The molecule has 0 amide bonds. The van der Waals surface area contributed by atoms with E-state index in [4.69, 9.17) is 9.47 Å². The zero-order chi connectivity index (χ0) is 18.7. The van der Waals surface area contributed by atoms with Crippen molar-refractivity contribution in [2.45, 2.75) is 33.3 Å². The first-order valence-electron chi connectivity index (χ1n) is 8.71. The summed E-state index contributed by atoms with van der Waals surface area (Å²) in [6.45, 7) is 6.34. The fourth-order valence-electron chi connectivity index (χ4n) is 3.09. The van der Waals surface area contributed by atoms with E-state index < -0.39 is 0 Å². The van der Waals surface area contributed by atoms with E-state index in [2.05, 4.69) is 0 Å². The van der Waals surface area contributed by atoms with Crippen LogP contribution in [0.1, 0.15) is 40.9 Å². The van der Waals surface area contributed by atoms with Gasteiger partial charge >= 0.3 is 0 Å². The number of allylic oxidation sites excluding steroid dienone is 1. The molecule has 3 rings (SSSR count). The molecule has 2 aromatic rings. The Labute approximate surface area is 153 Å². The van der Waals surface area contributed by atoms with Crippen LogP contribution >= 0.6 is 0 Å². The Morgan fingerprint density at radius 3 is 2.88 bits per heavy atom. The number of Topliss-reactive ketones (excluding diaryl/α,β-unsaturated/α-hetero) is 1. The summed E-state index contributed by atoms with van der Waals surface area (Å²) < 4.78 is 11.5. The Kier molecular flexibility index (Phi) is 5.09. The zero-order valence-corrected chi connectivity index (χ0v) is 15.2. The van der Waals surface area contributed by atoms with Gasteiger partial charge in [0, 0.05) is 23.1 Å². The summed E-state index contributed by atoms with van der Waals surface area (Å²) in [6.07, 6.45) is 2.53. The van der Waals surface area contributed by atoms with Gasteiger partial charge in [0.05, 0.1) is 6.61 Å². The predicted octanol–water partition coefficient (Wildman–Crippen LogP) is 4.51. The van der Waals surface area contributed by atoms with Crippen LogP contribution in [-0.4, -0.2) is 18.5 Å². The van der Waals surface area contributed by atoms with Crippen molar-refractivity contribution >= 4 is 11.9 Å². The topological polar surface area (TPSA) is 59.3 Å². The quantitative estimate of drug-likeness (QED) is 0.454. The van der Waals surface area contributed by atoms with E-state index in [1.54, 1.807) is 18.2 Å². The highest BCUT2D eigenvalue weighted by Crippen LogP contribution is 2.36. The molecule has 1 heterocycles. The number of fused-ring (bicyclic) bond motifs is 1. The molecule has 0 aliphatic carbocycles. The van der Waals surface area contributed by atoms with Gasteiger partial charge in [0.15, 0.2) is 0 Å².